The van der Waals surface area contributed by atoms with Crippen molar-refractivity contribution in [2.75, 3.05) is 16.8 Å². The van der Waals surface area contributed by atoms with E-state index in [-0.39, 0.29) is 24.0 Å². The second kappa shape index (κ2) is 9.30. The van der Waals surface area contributed by atoms with Gasteiger partial charge in [0.05, 0.1) is 11.5 Å². The normalized spacial score (nSPS) is 10.2. The number of ether oxygens (including phenoxy) is 1. The summed E-state index contributed by atoms with van der Waals surface area (Å²) in [4.78, 5) is 23.3. The zero-order valence-corrected chi connectivity index (χ0v) is 14.2. The van der Waals surface area contributed by atoms with E-state index in [0.29, 0.717) is 16.3 Å². The van der Waals surface area contributed by atoms with Gasteiger partial charge in [-0.1, -0.05) is 29.8 Å². The first-order chi connectivity index (χ1) is 11.5. The lowest BCUT2D eigenvalue weighted by Gasteiger charge is -2.07. The van der Waals surface area contributed by atoms with Gasteiger partial charge in [-0.2, -0.15) is 0 Å². The van der Waals surface area contributed by atoms with Crippen molar-refractivity contribution in [2.24, 2.45) is 0 Å². The van der Waals surface area contributed by atoms with Crippen LogP contribution in [0.2, 0.25) is 5.02 Å². The number of amides is 1. The fraction of sp³-hybridized carbons (Fsp3) is 0.176. The summed E-state index contributed by atoms with van der Waals surface area (Å²) in [5.41, 5.74) is 0.948. The molecular formula is C17H15ClFNO3S. The van der Waals surface area contributed by atoms with E-state index in [1.807, 2.05) is 0 Å². The van der Waals surface area contributed by atoms with Crippen molar-refractivity contribution in [1.29, 1.82) is 0 Å². The van der Waals surface area contributed by atoms with E-state index in [9.17, 15) is 14.0 Å². The number of esters is 1. The van der Waals surface area contributed by atoms with Crippen LogP contribution >= 0.6 is 23.4 Å². The van der Waals surface area contributed by atoms with E-state index in [2.05, 4.69) is 5.32 Å². The minimum Gasteiger partial charge on any atom is -0.460 e. The quantitative estimate of drug-likeness (QED) is 0.754. The highest BCUT2D eigenvalue weighted by Gasteiger charge is 2.09. The molecular weight excluding hydrogens is 353 g/mol. The predicted molar refractivity (Wildman–Crippen MR) is 93.6 cm³/mol. The topological polar surface area (TPSA) is 55.4 Å². The Morgan fingerprint density at radius 1 is 1.08 bits per heavy atom. The minimum atomic E-state index is -0.498. The van der Waals surface area contributed by atoms with E-state index in [0.717, 1.165) is 11.8 Å². The molecule has 0 atom stereocenters. The average Bonchev–Trinajstić information content (AvgIpc) is 2.56. The Hall–Kier alpha value is -2.05. The Labute approximate surface area is 148 Å². The monoisotopic (exact) mass is 367 g/mol. The van der Waals surface area contributed by atoms with E-state index in [4.69, 9.17) is 16.3 Å². The lowest BCUT2D eigenvalue weighted by atomic mass is 10.2. The van der Waals surface area contributed by atoms with Gasteiger partial charge >= 0.3 is 5.97 Å². The zero-order valence-electron chi connectivity index (χ0n) is 12.6. The first-order valence-electron chi connectivity index (χ1n) is 7.07. The van der Waals surface area contributed by atoms with Crippen molar-refractivity contribution in [2.45, 2.75) is 6.61 Å². The molecule has 2 aromatic rings. The van der Waals surface area contributed by atoms with Gasteiger partial charge in [-0.15, -0.1) is 11.8 Å². The molecule has 0 radical (unpaired) electrons. The number of hydrogen-bond donors (Lipinski definition) is 1. The number of carbonyl (C=O) groups excluding carboxylic acids is 2. The van der Waals surface area contributed by atoms with Crippen molar-refractivity contribution >= 4 is 40.9 Å². The highest BCUT2D eigenvalue weighted by atomic mass is 35.5. The highest BCUT2D eigenvalue weighted by Crippen LogP contribution is 2.14. The number of halogens is 2. The standard InChI is InChI=1S/C17H15ClFNO3S/c18-13-5-7-14(8-6-13)20-16(21)10-24-11-17(22)23-9-12-3-1-2-4-15(12)19/h1-8H,9-11H2,(H,20,21). The highest BCUT2D eigenvalue weighted by molar-refractivity contribution is 8.00. The van der Waals surface area contributed by atoms with Crippen LogP contribution in [-0.2, 0) is 20.9 Å². The maximum Gasteiger partial charge on any atom is 0.316 e. The molecule has 0 aliphatic heterocycles. The Balaban J connectivity index is 1.66. The third-order valence-corrected chi connectivity index (χ3v) is 4.09. The first-order valence-corrected chi connectivity index (χ1v) is 8.60. The summed E-state index contributed by atoms with van der Waals surface area (Å²) in [5, 5.41) is 3.27. The molecule has 2 aromatic carbocycles. The summed E-state index contributed by atoms with van der Waals surface area (Å²) in [6.45, 7) is -0.122. The lowest BCUT2D eigenvalue weighted by molar-refractivity contribution is -0.141. The largest absolute Gasteiger partial charge is 0.460 e. The third kappa shape index (κ3) is 6.22. The summed E-state index contributed by atoms with van der Waals surface area (Å²) in [6.07, 6.45) is 0. The summed E-state index contributed by atoms with van der Waals surface area (Å²) in [6, 6.07) is 12.8. The van der Waals surface area contributed by atoms with Gasteiger partial charge in [0, 0.05) is 16.3 Å². The molecule has 1 amide bonds. The molecule has 0 aromatic heterocycles. The predicted octanol–water partition coefficient (Wildman–Crippen LogP) is 3.89. The fourth-order valence-electron chi connectivity index (χ4n) is 1.77. The van der Waals surface area contributed by atoms with Crippen LogP contribution in [0.3, 0.4) is 0 Å². The van der Waals surface area contributed by atoms with Gasteiger partial charge in [0.25, 0.3) is 0 Å². The van der Waals surface area contributed by atoms with Crippen molar-refractivity contribution < 1.29 is 18.7 Å². The van der Waals surface area contributed by atoms with Gasteiger partial charge in [-0.3, -0.25) is 9.59 Å². The summed E-state index contributed by atoms with van der Waals surface area (Å²) < 4.78 is 18.3. The number of thioether (sulfide) groups is 1. The summed E-state index contributed by atoms with van der Waals surface area (Å²) in [7, 11) is 0. The van der Waals surface area contributed by atoms with Crippen LogP contribution in [0.5, 0.6) is 0 Å². The maximum absolute atomic E-state index is 13.4. The van der Waals surface area contributed by atoms with Crippen molar-refractivity contribution in [3.63, 3.8) is 0 Å². The van der Waals surface area contributed by atoms with E-state index < -0.39 is 11.8 Å². The number of anilines is 1. The van der Waals surface area contributed by atoms with Gasteiger partial charge in [0.1, 0.15) is 12.4 Å². The number of benzene rings is 2. The number of nitrogens with one attached hydrogen (secondary N) is 1. The van der Waals surface area contributed by atoms with E-state index >= 15 is 0 Å². The van der Waals surface area contributed by atoms with Gasteiger partial charge in [-0.25, -0.2) is 4.39 Å². The van der Waals surface area contributed by atoms with Crippen LogP contribution < -0.4 is 5.32 Å². The molecule has 0 aliphatic rings. The van der Waals surface area contributed by atoms with Gasteiger partial charge in [0.2, 0.25) is 5.91 Å². The molecule has 0 heterocycles. The van der Waals surface area contributed by atoms with Crippen LogP contribution in [0.1, 0.15) is 5.56 Å². The summed E-state index contributed by atoms with van der Waals surface area (Å²) >= 11 is 6.88. The van der Waals surface area contributed by atoms with Crippen molar-refractivity contribution in [1.82, 2.24) is 0 Å². The molecule has 0 fully saturated rings. The molecule has 0 saturated heterocycles. The zero-order chi connectivity index (χ0) is 17.4. The van der Waals surface area contributed by atoms with E-state index in [1.54, 1.807) is 42.5 Å². The Morgan fingerprint density at radius 2 is 1.79 bits per heavy atom. The van der Waals surface area contributed by atoms with Crippen molar-refractivity contribution in [3.05, 3.63) is 64.9 Å². The van der Waals surface area contributed by atoms with Crippen LogP contribution in [0.4, 0.5) is 10.1 Å². The first kappa shape index (κ1) is 18.3. The van der Waals surface area contributed by atoms with Crippen LogP contribution in [0.25, 0.3) is 0 Å². The van der Waals surface area contributed by atoms with Crippen LogP contribution in [0.15, 0.2) is 48.5 Å². The molecule has 0 spiro atoms. The third-order valence-electron chi connectivity index (χ3n) is 2.93. The van der Waals surface area contributed by atoms with Crippen LogP contribution in [-0.4, -0.2) is 23.4 Å². The molecule has 0 aliphatic carbocycles. The molecule has 4 nitrogen and oxygen atoms in total. The minimum absolute atomic E-state index is 0.0164. The Bertz CT molecular complexity index is 709. The second-order valence-electron chi connectivity index (χ2n) is 4.80. The Kier molecular flexibility index (Phi) is 7.08. The van der Waals surface area contributed by atoms with Gasteiger partial charge in [-0.05, 0) is 30.3 Å². The van der Waals surface area contributed by atoms with Crippen LogP contribution in [0, 0.1) is 5.82 Å². The average molecular weight is 368 g/mol. The lowest BCUT2D eigenvalue weighted by Crippen LogP contribution is -2.16. The molecule has 126 valence electrons. The van der Waals surface area contributed by atoms with Crippen molar-refractivity contribution in [3.8, 4) is 0 Å². The van der Waals surface area contributed by atoms with E-state index in [1.165, 1.54) is 6.07 Å². The fourth-order valence-corrected chi connectivity index (χ4v) is 2.51. The molecule has 1 N–H and O–H groups in total. The Morgan fingerprint density at radius 3 is 2.50 bits per heavy atom. The second-order valence-corrected chi connectivity index (χ2v) is 6.22. The molecule has 0 saturated carbocycles. The molecule has 0 bridgehead atoms. The van der Waals surface area contributed by atoms with Gasteiger partial charge in [0.15, 0.2) is 0 Å². The summed E-state index contributed by atoms with van der Waals surface area (Å²) in [5.74, 6) is -1.02. The molecule has 2 rings (SSSR count). The maximum atomic E-state index is 13.4. The molecule has 24 heavy (non-hydrogen) atoms. The SMILES string of the molecule is O=C(CSCC(=O)OCc1ccccc1F)Nc1ccc(Cl)cc1. The number of carbonyl (C=O) groups is 2. The number of hydrogen-bond acceptors (Lipinski definition) is 4. The smallest absolute Gasteiger partial charge is 0.316 e. The van der Waals surface area contributed by atoms with Gasteiger partial charge < -0.3 is 10.1 Å². The number of rotatable bonds is 7. The molecule has 0 unspecified atom stereocenters. The molecule has 7 heteroatoms.